The van der Waals surface area contributed by atoms with Crippen molar-refractivity contribution in [3.63, 3.8) is 0 Å². The van der Waals surface area contributed by atoms with Gasteiger partial charge in [0.25, 0.3) is 0 Å². The molecule has 0 saturated heterocycles. The lowest BCUT2D eigenvalue weighted by Gasteiger charge is -2.15. The van der Waals surface area contributed by atoms with Gasteiger partial charge in [0.15, 0.2) is 0 Å². The first-order chi connectivity index (χ1) is 12.0. The van der Waals surface area contributed by atoms with Gasteiger partial charge in [-0.2, -0.15) is 5.26 Å². The summed E-state index contributed by atoms with van der Waals surface area (Å²) >= 11 is 24.8. The number of hydrogen-bond donors (Lipinski definition) is 0. The molecule has 1 heterocycles. The third-order valence-electron chi connectivity index (χ3n) is 3.69. The number of halogens is 4. The maximum absolute atomic E-state index is 9.19. The Hall–Kier alpha value is -1.76. The molecule has 0 bridgehead atoms. The summed E-state index contributed by atoms with van der Waals surface area (Å²) in [5.74, 6) is 0. The van der Waals surface area contributed by atoms with Gasteiger partial charge < -0.3 is 0 Å². The monoisotopic (exact) mass is 406 g/mol. The highest BCUT2D eigenvalue weighted by atomic mass is 35.5. The predicted octanol–water partition coefficient (Wildman–Crippen LogP) is 7.10. The minimum absolute atomic E-state index is 0.217. The van der Waals surface area contributed by atoms with Crippen LogP contribution in [0.4, 0.5) is 0 Å². The minimum atomic E-state index is 0.217. The van der Waals surface area contributed by atoms with Gasteiger partial charge in [0.1, 0.15) is 0 Å². The van der Waals surface area contributed by atoms with Crippen molar-refractivity contribution in [3.05, 3.63) is 74.3 Å². The summed E-state index contributed by atoms with van der Waals surface area (Å²) in [5, 5.41) is 11.2. The van der Waals surface area contributed by atoms with Gasteiger partial charge in [0.05, 0.1) is 23.2 Å². The van der Waals surface area contributed by atoms with E-state index in [0.717, 1.165) is 16.7 Å². The Morgan fingerprint density at radius 2 is 1.44 bits per heavy atom. The quantitative estimate of drug-likeness (QED) is 0.464. The molecule has 6 heteroatoms. The van der Waals surface area contributed by atoms with Gasteiger partial charge in [0, 0.05) is 38.0 Å². The molecule has 0 unspecified atom stereocenters. The highest BCUT2D eigenvalue weighted by Crippen LogP contribution is 2.40. The van der Waals surface area contributed by atoms with Crippen LogP contribution in [0.1, 0.15) is 5.56 Å². The zero-order valence-electron chi connectivity index (χ0n) is 12.7. The minimum Gasteiger partial charge on any atom is -0.256 e. The van der Waals surface area contributed by atoms with Crippen LogP contribution in [0.2, 0.25) is 20.1 Å². The Balaban J connectivity index is 2.33. The van der Waals surface area contributed by atoms with E-state index in [9.17, 15) is 5.26 Å². The number of hydrogen-bond acceptors (Lipinski definition) is 2. The van der Waals surface area contributed by atoms with Crippen LogP contribution >= 0.6 is 46.4 Å². The average molecular weight is 408 g/mol. The summed E-state index contributed by atoms with van der Waals surface area (Å²) in [6, 6.07) is 14.4. The van der Waals surface area contributed by atoms with E-state index < -0.39 is 0 Å². The molecule has 1 aromatic heterocycles. The van der Waals surface area contributed by atoms with Crippen molar-refractivity contribution >= 4 is 46.4 Å². The summed E-state index contributed by atoms with van der Waals surface area (Å²) < 4.78 is 0. The molecule has 0 radical (unpaired) electrons. The smallest absolute Gasteiger partial charge is 0.0798 e. The zero-order chi connectivity index (χ0) is 18.0. The van der Waals surface area contributed by atoms with E-state index in [1.807, 2.05) is 6.07 Å². The van der Waals surface area contributed by atoms with Crippen molar-refractivity contribution < 1.29 is 0 Å². The molecule has 2 nitrogen and oxygen atoms in total. The van der Waals surface area contributed by atoms with E-state index in [0.29, 0.717) is 31.3 Å². The van der Waals surface area contributed by atoms with Crippen molar-refractivity contribution in [2.24, 2.45) is 0 Å². The van der Waals surface area contributed by atoms with Crippen molar-refractivity contribution in [2.45, 2.75) is 6.42 Å². The largest absolute Gasteiger partial charge is 0.256 e. The molecule has 0 aliphatic carbocycles. The Morgan fingerprint density at radius 1 is 0.840 bits per heavy atom. The number of benzene rings is 2. The molecule has 3 aromatic rings. The van der Waals surface area contributed by atoms with Gasteiger partial charge in [-0.1, -0.05) is 52.5 Å². The Morgan fingerprint density at radius 3 is 2.00 bits per heavy atom. The normalized spacial score (nSPS) is 10.5. The Labute approximate surface area is 165 Å². The molecule has 3 rings (SSSR count). The lowest BCUT2D eigenvalue weighted by Crippen LogP contribution is -1.97. The molecule has 0 fully saturated rings. The third kappa shape index (κ3) is 3.76. The molecule has 0 saturated carbocycles. The van der Waals surface area contributed by atoms with E-state index in [2.05, 4.69) is 11.1 Å². The first-order valence-corrected chi connectivity index (χ1v) is 8.78. The second kappa shape index (κ2) is 7.64. The Bertz CT molecular complexity index is 993. The van der Waals surface area contributed by atoms with Crippen molar-refractivity contribution in [3.8, 4) is 28.5 Å². The maximum atomic E-state index is 9.19. The number of pyridine rings is 1. The highest BCUT2D eigenvalue weighted by molar-refractivity contribution is 6.37. The average Bonchev–Trinajstić information content (AvgIpc) is 2.56. The lowest BCUT2D eigenvalue weighted by molar-refractivity contribution is 1.22. The maximum Gasteiger partial charge on any atom is 0.0798 e. The number of nitriles is 1. The summed E-state index contributed by atoms with van der Waals surface area (Å²) in [6.07, 6.45) is 1.87. The Kier molecular flexibility index (Phi) is 5.51. The van der Waals surface area contributed by atoms with Gasteiger partial charge in [0.2, 0.25) is 0 Å². The number of aromatic nitrogens is 1. The zero-order valence-corrected chi connectivity index (χ0v) is 15.8. The molecule has 0 amide bonds. The summed E-state index contributed by atoms with van der Waals surface area (Å²) in [5.41, 5.74) is 3.66. The van der Waals surface area contributed by atoms with Gasteiger partial charge in [-0.05, 0) is 42.0 Å². The fourth-order valence-electron chi connectivity index (χ4n) is 2.61. The lowest BCUT2D eigenvalue weighted by atomic mass is 9.93. The van der Waals surface area contributed by atoms with Gasteiger partial charge in [-0.25, -0.2) is 0 Å². The molecule has 0 spiro atoms. The number of nitrogens with zero attached hydrogens (tertiary/aromatic N) is 2. The van der Waals surface area contributed by atoms with Crippen molar-refractivity contribution in [2.75, 3.05) is 0 Å². The topological polar surface area (TPSA) is 36.7 Å². The van der Waals surface area contributed by atoms with Gasteiger partial charge in [-0.3, -0.25) is 4.98 Å². The van der Waals surface area contributed by atoms with Crippen molar-refractivity contribution in [1.29, 1.82) is 5.26 Å². The van der Waals surface area contributed by atoms with E-state index in [1.54, 1.807) is 42.6 Å². The summed E-state index contributed by atoms with van der Waals surface area (Å²) in [4.78, 5) is 4.49. The summed E-state index contributed by atoms with van der Waals surface area (Å²) in [7, 11) is 0. The predicted molar refractivity (Wildman–Crippen MR) is 104 cm³/mol. The third-order valence-corrected chi connectivity index (χ3v) is 4.79. The van der Waals surface area contributed by atoms with Crippen LogP contribution in [0.3, 0.4) is 0 Å². The summed E-state index contributed by atoms with van der Waals surface area (Å²) in [6.45, 7) is 0. The van der Waals surface area contributed by atoms with Crippen LogP contribution in [0.25, 0.3) is 22.4 Å². The standard InChI is InChI=1S/C19H10Cl4N2/c20-12-1-3-14(16(22)9-12)18-11(5-7-24)6-8-25-19(18)15-4-2-13(21)10-17(15)23/h1-4,6,8-10H,5H2. The molecule has 0 N–H and O–H groups in total. The van der Waals surface area contributed by atoms with Crippen molar-refractivity contribution in [1.82, 2.24) is 4.98 Å². The second-order valence-electron chi connectivity index (χ2n) is 5.28. The SMILES string of the molecule is N#CCc1ccnc(-c2ccc(Cl)cc2Cl)c1-c1ccc(Cl)cc1Cl. The molecule has 124 valence electrons. The van der Waals surface area contributed by atoms with E-state index in [4.69, 9.17) is 46.4 Å². The van der Waals surface area contributed by atoms with Crippen LogP contribution in [0.5, 0.6) is 0 Å². The first kappa shape index (κ1) is 18.0. The molecule has 0 aliphatic heterocycles. The van der Waals surface area contributed by atoms with Crippen LogP contribution in [0.15, 0.2) is 48.7 Å². The van der Waals surface area contributed by atoms with Gasteiger partial charge in [-0.15, -0.1) is 0 Å². The number of rotatable bonds is 3. The van der Waals surface area contributed by atoms with Gasteiger partial charge >= 0.3 is 0 Å². The van der Waals surface area contributed by atoms with Crippen LogP contribution in [0, 0.1) is 11.3 Å². The van der Waals surface area contributed by atoms with Crippen LogP contribution in [-0.2, 0) is 6.42 Å². The molecular weight excluding hydrogens is 398 g/mol. The molecular formula is C19H10Cl4N2. The molecule has 2 aromatic carbocycles. The second-order valence-corrected chi connectivity index (χ2v) is 6.96. The van der Waals surface area contributed by atoms with E-state index in [-0.39, 0.29) is 6.42 Å². The van der Waals surface area contributed by atoms with E-state index >= 15 is 0 Å². The van der Waals surface area contributed by atoms with E-state index in [1.165, 1.54) is 0 Å². The molecule has 25 heavy (non-hydrogen) atoms. The molecule has 0 aliphatic rings. The fourth-order valence-corrected chi connectivity index (χ4v) is 3.61. The van der Waals surface area contributed by atoms with Crippen LogP contribution in [-0.4, -0.2) is 4.98 Å². The molecule has 0 atom stereocenters. The van der Waals surface area contributed by atoms with Crippen LogP contribution < -0.4 is 0 Å². The first-order valence-electron chi connectivity index (χ1n) is 7.27. The highest BCUT2D eigenvalue weighted by Gasteiger charge is 2.18. The fraction of sp³-hybridized carbons (Fsp3) is 0.0526.